The van der Waals surface area contributed by atoms with Crippen molar-refractivity contribution in [1.29, 1.82) is 0 Å². The summed E-state index contributed by atoms with van der Waals surface area (Å²) in [5.74, 6) is -1.04. The number of aldehydes is 1. The highest BCUT2D eigenvalue weighted by Gasteiger charge is 2.17. The number of hydrogen-bond donors (Lipinski definition) is 1. The molecule has 0 heterocycles. The molecule has 0 aromatic heterocycles. The lowest BCUT2D eigenvalue weighted by Gasteiger charge is -2.08. The van der Waals surface area contributed by atoms with Crippen LogP contribution in [-0.4, -0.2) is 31.3 Å². The Morgan fingerprint density at radius 2 is 1.76 bits per heavy atom. The molecule has 0 aliphatic heterocycles. The van der Waals surface area contributed by atoms with Gasteiger partial charge in [0.05, 0.1) is 17.7 Å². The Kier molecular flexibility index (Phi) is 8.93. The molecule has 0 radical (unpaired) electrons. The molecule has 1 aromatic carbocycles. The molecule has 0 saturated carbocycles. The highest BCUT2D eigenvalue weighted by atomic mass is 16.5. The number of ether oxygens (including phenoxy) is 1. The van der Waals surface area contributed by atoms with Gasteiger partial charge in [0.2, 0.25) is 0 Å². The fraction of sp³-hybridized carbons (Fsp3) is 0.350. The zero-order valence-corrected chi connectivity index (χ0v) is 15.0. The second-order valence-electron chi connectivity index (χ2n) is 5.89. The third-order valence-electron chi connectivity index (χ3n) is 3.48. The molecule has 0 aliphatic carbocycles. The summed E-state index contributed by atoms with van der Waals surface area (Å²) in [5.41, 5.74) is 2.80. The molecule has 1 N–H and O–H groups in total. The number of esters is 1. The van der Waals surface area contributed by atoms with Gasteiger partial charge in [0, 0.05) is 0 Å². The van der Waals surface area contributed by atoms with E-state index in [9.17, 15) is 14.4 Å². The smallest absolute Gasteiger partial charge is 0.339 e. The van der Waals surface area contributed by atoms with Gasteiger partial charge < -0.3 is 14.8 Å². The lowest BCUT2D eigenvalue weighted by atomic mass is 10.1. The Hall–Kier alpha value is -2.69. The maximum absolute atomic E-state index is 12.2. The van der Waals surface area contributed by atoms with Crippen LogP contribution in [-0.2, 0) is 9.53 Å². The van der Waals surface area contributed by atoms with Crippen LogP contribution in [0, 0.1) is 0 Å². The normalized spacial score (nSPS) is 10.8. The Morgan fingerprint density at radius 1 is 1.08 bits per heavy atom. The molecule has 25 heavy (non-hydrogen) atoms. The van der Waals surface area contributed by atoms with Crippen molar-refractivity contribution in [3.63, 3.8) is 0 Å². The van der Waals surface area contributed by atoms with Crippen LogP contribution < -0.4 is 5.32 Å². The van der Waals surface area contributed by atoms with Crippen LogP contribution in [0.5, 0.6) is 0 Å². The minimum atomic E-state index is -0.565. The first kappa shape index (κ1) is 20.4. The van der Waals surface area contributed by atoms with Gasteiger partial charge in [0.1, 0.15) is 12.9 Å². The molecule has 1 amide bonds. The van der Waals surface area contributed by atoms with E-state index >= 15 is 0 Å². The maximum atomic E-state index is 12.2. The fourth-order valence-electron chi connectivity index (χ4n) is 2.12. The zero-order valence-electron chi connectivity index (χ0n) is 15.0. The minimum absolute atomic E-state index is 0.101. The van der Waals surface area contributed by atoms with Gasteiger partial charge in [0.25, 0.3) is 5.91 Å². The zero-order chi connectivity index (χ0) is 18.7. The van der Waals surface area contributed by atoms with E-state index in [1.165, 1.54) is 17.7 Å². The number of rotatable bonds is 9. The molecule has 0 fully saturated rings. The van der Waals surface area contributed by atoms with Gasteiger partial charge >= 0.3 is 5.97 Å². The monoisotopic (exact) mass is 343 g/mol. The largest absolute Gasteiger partial charge is 0.458 e. The lowest BCUT2D eigenvalue weighted by molar-refractivity contribution is -0.107. The third-order valence-corrected chi connectivity index (χ3v) is 3.48. The summed E-state index contributed by atoms with van der Waals surface area (Å²) in [4.78, 5) is 34.6. The lowest BCUT2D eigenvalue weighted by Crippen LogP contribution is -2.27. The summed E-state index contributed by atoms with van der Waals surface area (Å²) in [6.07, 6.45) is 6.48. The van der Waals surface area contributed by atoms with Crippen LogP contribution in [0.4, 0.5) is 0 Å². The van der Waals surface area contributed by atoms with Crippen LogP contribution >= 0.6 is 0 Å². The van der Waals surface area contributed by atoms with E-state index in [4.69, 9.17) is 4.74 Å². The topological polar surface area (TPSA) is 72.5 Å². The van der Waals surface area contributed by atoms with Crippen molar-refractivity contribution in [2.45, 2.75) is 33.6 Å². The number of carbonyl (C=O) groups excluding carboxylic acids is 3. The summed E-state index contributed by atoms with van der Waals surface area (Å²) < 4.78 is 5.24. The van der Waals surface area contributed by atoms with E-state index in [1.54, 1.807) is 12.1 Å². The summed E-state index contributed by atoms with van der Waals surface area (Å²) in [7, 11) is 0. The highest BCUT2D eigenvalue weighted by molar-refractivity contribution is 6.05. The van der Waals surface area contributed by atoms with Crippen LogP contribution in [0.25, 0.3) is 0 Å². The molecule has 0 unspecified atom stereocenters. The van der Waals surface area contributed by atoms with Crippen LogP contribution in [0.2, 0.25) is 0 Å². The van der Waals surface area contributed by atoms with Gasteiger partial charge in [-0.05, 0) is 51.8 Å². The van der Waals surface area contributed by atoms with Crippen molar-refractivity contribution in [3.05, 3.63) is 58.7 Å². The van der Waals surface area contributed by atoms with E-state index in [-0.39, 0.29) is 24.3 Å². The van der Waals surface area contributed by atoms with E-state index in [1.807, 2.05) is 13.0 Å². The van der Waals surface area contributed by atoms with Gasteiger partial charge in [-0.25, -0.2) is 4.79 Å². The average Bonchev–Trinajstić information content (AvgIpc) is 2.59. The molecule has 5 heteroatoms. The molecule has 1 rings (SSSR count). The number of allylic oxidation sites excluding steroid dienone is 3. The molecule has 0 saturated heterocycles. The van der Waals surface area contributed by atoms with E-state index in [0.717, 1.165) is 18.4 Å². The van der Waals surface area contributed by atoms with Gasteiger partial charge in [0.15, 0.2) is 0 Å². The van der Waals surface area contributed by atoms with Gasteiger partial charge in [-0.3, -0.25) is 4.79 Å². The fourth-order valence-corrected chi connectivity index (χ4v) is 2.12. The van der Waals surface area contributed by atoms with Gasteiger partial charge in [-0.1, -0.05) is 29.4 Å². The number of nitrogens with one attached hydrogen (secondary N) is 1. The molecule has 5 nitrogen and oxygen atoms in total. The van der Waals surface area contributed by atoms with Gasteiger partial charge in [-0.2, -0.15) is 0 Å². The molecule has 134 valence electrons. The summed E-state index contributed by atoms with van der Waals surface area (Å²) in [5, 5.41) is 2.42. The van der Waals surface area contributed by atoms with Crippen molar-refractivity contribution < 1.29 is 19.1 Å². The molecule has 0 atom stereocenters. The molecule has 1 aromatic rings. The minimum Gasteiger partial charge on any atom is -0.458 e. The summed E-state index contributed by atoms with van der Waals surface area (Å²) in [6, 6.07) is 6.37. The first-order valence-electron chi connectivity index (χ1n) is 8.22. The molecule has 0 bridgehead atoms. The van der Waals surface area contributed by atoms with Crippen LogP contribution in [0.3, 0.4) is 0 Å². The predicted octanol–water partition coefficient (Wildman–Crippen LogP) is 3.46. The average molecular weight is 343 g/mol. The van der Waals surface area contributed by atoms with Crippen LogP contribution in [0.1, 0.15) is 54.3 Å². The van der Waals surface area contributed by atoms with Crippen molar-refractivity contribution in [2.75, 3.05) is 13.2 Å². The second kappa shape index (κ2) is 11.0. The van der Waals surface area contributed by atoms with Crippen molar-refractivity contribution in [2.24, 2.45) is 0 Å². The standard InChI is InChI=1S/C20H25NO4/c1-15(2)7-6-8-16(3)11-14-25-20(24)18-10-5-4-9-17(18)19(23)21-12-13-22/h4-5,7,9-11,13H,6,8,12,14H2,1-3H3,(H,21,23). The Morgan fingerprint density at radius 3 is 2.40 bits per heavy atom. The molecule has 0 aliphatic rings. The third kappa shape index (κ3) is 7.61. The second-order valence-corrected chi connectivity index (χ2v) is 5.89. The first-order valence-corrected chi connectivity index (χ1v) is 8.22. The number of hydrogen-bond acceptors (Lipinski definition) is 4. The maximum Gasteiger partial charge on any atom is 0.339 e. The van der Waals surface area contributed by atoms with E-state index in [0.29, 0.717) is 6.29 Å². The molecular weight excluding hydrogens is 318 g/mol. The van der Waals surface area contributed by atoms with Gasteiger partial charge in [-0.15, -0.1) is 0 Å². The Labute approximate surface area is 148 Å². The first-order chi connectivity index (χ1) is 12.0. The Balaban J connectivity index is 2.64. The summed E-state index contributed by atoms with van der Waals surface area (Å²) >= 11 is 0. The predicted molar refractivity (Wildman–Crippen MR) is 97.5 cm³/mol. The summed E-state index contributed by atoms with van der Waals surface area (Å²) in [6.45, 7) is 6.17. The van der Waals surface area contributed by atoms with Crippen molar-refractivity contribution in [1.82, 2.24) is 5.32 Å². The SMILES string of the molecule is CC(C)=CCCC(C)=CCOC(=O)c1ccccc1C(=O)NCC=O. The quantitative estimate of drug-likeness (QED) is 0.423. The number of amides is 1. The number of benzene rings is 1. The highest BCUT2D eigenvalue weighted by Crippen LogP contribution is 2.11. The number of carbonyl (C=O) groups is 3. The molecular formula is C20H25NO4. The Bertz CT molecular complexity index is 670. The molecule has 0 spiro atoms. The van der Waals surface area contributed by atoms with Crippen molar-refractivity contribution in [3.8, 4) is 0 Å². The van der Waals surface area contributed by atoms with Crippen molar-refractivity contribution >= 4 is 18.2 Å². The van der Waals surface area contributed by atoms with E-state index in [2.05, 4.69) is 25.2 Å². The van der Waals surface area contributed by atoms with Crippen LogP contribution in [0.15, 0.2) is 47.6 Å². The van der Waals surface area contributed by atoms with E-state index < -0.39 is 11.9 Å².